The van der Waals surface area contributed by atoms with Crippen LogP contribution in [-0.4, -0.2) is 23.2 Å². The summed E-state index contributed by atoms with van der Waals surface area (Å²) in [6, 6.07) is 10.2. The maximum atomic E-state index is 13.3. The van der Waals surface area contributed by atoms with E-state index in [1.54, 1.807) is 18.2 Å². The minimum atomic E-state index is -0.770. The molecular weight excluding hydrogens is 257 g/mol. The molecule has 0 atom stereocenters. The molecule has 0 bridgehead atoms. The van der Waals surface area contributed by atoms with Gasteiger partial charge in [-0.2, -0.15) is 5.26 Å². The summed E-state index contributed by atoms with van der Waals surface area (Å²) in [5.74, 6) is 0.132. The van der Waals surface area contributed by atoms with Crippen LogP contribution in [0.25, 0.3) is 11.3 Å². The summed E-state index contributed by atoms with van der Waals surface area (Å²) >= 11 is 0. The smallest absolute Gasteiger partial charge is 0.163 e. The normalized spacial score (nSPS) is 16.2. The Morgan fingerprint density at radius 2 is 2.10 bits per heavy atom. The molecular formula is C15H12FN3O. The first kappa shape index (κ1) is 12.7. The molecule has 1 aromatic carbocycles. The zero-order valence-electron chi connectivity index (χ0n) is 10.9. The van der Waals surface area contributed by atoms with Crippen LogP contribution in [0.15, 0.2) is 30.3 Å². The summed E-state index contributed by atoms with van der Waals surface area (Å²) < 4.78 is 18.4. The van der Waals surface area contributed by atoms with Crippen LogP contribution in [0.4, 0.5) is 4.39 Å². The van der Waals surface area contributed by atoms with Crippen molar-refractivity contribution < 1.29 is 9.13 Å². The standard InChI is InChI=1S/C15H12FN3O/c1-10-5-13(11-3-2-4-12(16)6-11)19-14(18-10)15(7-17)8-20-9-15/h2-6H,8-9H2,1H3. The Bertz CT molecular complexity index is 705. The van der Waals surface area contributed by atoms with Gasteiger partial charge in [-0.25, -0.2) is 14.4 Å². The zero-order valence-corrected chi connectivity index (χ0v) is 10.9. The highest BCUT2D eigenvalue weighted by Crippen LogP contribution is 2.31. The van der Waals surface area contributed by atoms with E-state index in [-0.39, 0.29) is 5.82 Å². The summed E-state index contributed by atoms with van der Waals surface area (Å²) in [6.45, 7) is 2.43. The lowest BCUT2D eigenvalue weighted by Crippen LogP contribution is -2.47. The Morgan fingerprint density at radius 3 is 2.70 bits per heavy atom. The van der Waals surface area contributed by atoms with Crippen LogP contribution in [0.3, 0.4) is 0 Å². The highest BCUT2D eigenvalue weighted by Gasteiger charge is 2.44. The Balaban J connectivity index is 2.10. The molecule has 0 aliphatic carbocycles. The minimum absolute atomic E-state index is 0.301. The molecule has 1 aliphatic heterocycles. The van der Waals surface area contributed by atoms with Crippen LogP contribution < -0.4 is 0 Å². The number of aromatic nitrogens is 2. The summed E-state index contributed by atoms with van der Waals surface area (Å²) in [6.07, 6.45) is 0. The molecule has 2 aromatic rings. The van der Waals surface area contributed by atoms with E-state index in [0.29, 0.717) is 30.3 Å². The maximum Gasteiger partial charge on any atom is 0.163 e. The molecule has 1 aromatic heterocycles. The van der Waals surface area contributed by atoms with E-state index in [2.05, 4.69) is 16.0 Å². The second kappa shape index (κ2) is 4.66. The van der Waals surface area contributed by atoms with Gasteiger partial charge < -0.3 is 4.74 Å². The van der Waals surface area contributed by atoms with Gasteiger partial charge >= 0.3 is 0 Å². The van der Waals surface area contributed by atoms with Crippen LogP contribution in [-0.2, 0) is 10.2 Å². The quantitative estimate of drug-likeness (QED) is 0.840. The lowest BCUT2D eigenvalue weighted by molar-refractivity contribution is -0.0339. The van der Waals surface area contributed by atoms with E-state index in [1.165, 1.54) is 12.1 Å². The van der Waals surface area contributed by atoms with Crippen molar-refractivity contribution in [1.82, 2.24) is 9.97 Å². The van der Waals surface area contributed by atoms with Crippen molar-refractivity contribution in [2.45, 2.75) is 12.3 Å². The molecule has 1 aliphatic rings. The van der Waals surface area contributed by atoms with Crippen molar-refractivity contribution in [3.05, 3.63) is 47.7 Å². The number of nitrogens with zero attached hydrogens (tertiary/aromatic N) is 3. The van der Waals surface area contributed by atoms with Crippen LogP contribution >= 0.6 is 0 Å². The number of hydrogen-bond acceptors (Lipinski definition) is 4. The van der Waals surface area contributed by atoms with E-state index in [0.717, 1.165) is 5.69 Å². The SMILES string of the molecule is Cc1cc(-c2cccc(F)c2)nc(C2(C#N)COC2)n1. The predicted molar refractivity (Wildman–Crippen MR) is 70.3 cm³/mol. The predicted octanol–water partition coefficient (Wildman–Crippen LogP) is 2.38. The van der Waals surface area contributed by atoms with Gasteiger partial charge in [0.15, 0.2) is 11.2 Å². The van der Waals surface area contributed by atoms with Gasteiger partial charge in [0.1, 0.15) is 5.82 Å². The van der Waals surface area contributed by atoms with Crippen molar-refractivity contribution >= 4 is 0 Å². The Labute approximate surface area is 115 Å². The van der Waals surface area contributed by atoms with Gasteiger partial charge in [0.05, 0.1) is 25.0 Å². The number of benzene rings is 1. The third-order valence-electron chi connectivity index (χ3n) is 3.31. The molecule has 1 fully saturated rings. The maximum absolute atomic E-state index is 13.3. The largest absolute Gasteiger partial charge is 0.377 e. The molecule has 1 saturated heterocycles. The molecule has 0 radical (unpaired) electrons. The molecule has 20 heavy (non-hydrogen) atoms. The number of rotatable bonds is 2. The van der Waals surface area contributed by atoms with E-state index in [4.69, 9.17) is 4.74 Å². The number of ether oxygens (including phenoxy) is 1. The lowest BCUT2D eigenvalue weighted by atomic mass is 9.86. The van der Waals surface area contributed by atoms with Crippen molar-refractivity contribution in [1.29, 1.82) is 5.26 Å². The second-order valence-electron chi connectivity index (χ2n) is 4.92. The summed E-state index contributed by atoms with van der Waals surface area (Å²) in [7, 11) is 0. The summed E-state index contributed by atoms with van der Waals surface area (Å²) in [5, 5.41) is 9.32. The van der Waals surface area contributed by atoms with Gasteiger partial charge in [-0.3, -0.25) is 0 Å². The third-order valence-corrected chi connectivity index (χ3v) is 3.31. The van der Waals surface area contributed by atoms with Crippen molar-refractivity contribution in [2.75, 3.05) is 13.2 Å². The van der Waals surface area contributed by atoms with Crippen LogP contribution in [0.2, 0.25) is 0 Å². The van der Waals surface area contributed by atoms with Gasteiger partial charge in [-0.15, -0.1) is 0 Å². The molecule has 4 nitrogen and oxygen atoms in total. The summed E-state index contributed by atoms with van der Waals surface area (Å²) in [5.41, 5.74) is 1.27. The fraction of sp³-hybridized carbons (Fsp3) is 0.267. The highest BCUT2D eigenvalue weighted by atomic mass is 19.1. The average Bonchev–Trinajstić information content (AvgIpc) is 2.37. The molecule has 3 rings (SSSR count). The topological polar surface area (TPSA) is 58.8 Å². The van der Waals surface area contributed by atoms with Gasteiger partial charge in [0, 0.05) is 11.3 Å². The fourth-order valence-electron chi connectivity index (χ4n) is 2.13. The van der Waals surface area contributed by atoms with Gasteiger partial charge in [0.25, 0.3) is 0 Å². The number of hydrogen-bond donors (Lipinski definition) is 0. The fourth-order valence-corrected chi connectivity index (χ4v) is 2.13. The van der Waals surface area contributed by atoms with Crippen molar-refractivity contribution in [2.24, 2.45) is 0 Å². The van der Waals surface area contributed by atoms with Crippen LogP contribution in [0.5, 0.6) is 0 Å². The molecule has 0 unspecified atom stereocenters. The molecule has 0 amide bonds. The lowest BCUT2D eigenvalue weighted by Gasteiger charge is -2.33. The van der Waals surface area contributed by atoms with E-state index in [1.807, 2.05) is 6.92 Å². The van der Waals surface area contributed by atoms with Crippen molar-refractivity contribution in [3.63, 3.8) is 0 Å². The van der Waals surface area contributed by atoms with Crippen molar-refractivity contribution in [3.8, 4) is 17.3 Å². The second-order valence-corrected chi connectivity index (χ2v) is 4.92. The number of aryl methyl sites for hydroxylation is 1. The van der Waals surface area contributed by atoms with Crippen LogP contribution in [0, 0.1) is 24.1 Å². The van der Waals surface area contributed by atoms with E-state index >= 15 is 0 Å². The van der Waals surface area contributed by atoms with Gasteiger partial charge in [-0.05, 0) is 25.1 Å². The Kier molecular flexibility index (Phi) is 2.96. The molecule has 100 valence electrons. The minimum Gasteiger partial charge on any atom is -0.377 e. The number of halogens is 1. The van der Waals surface area contributed by atoms with Crippen LogP contribution in [0.1, 0.15) is 11.5 Å². The molecule has 0 saturated carbocycles. The van der Waals surface area contributed by atoms with Gasteiger partial charge in [-0.1, -0.05) is 12.1 Å². The molecule has 0 spiro atoms. The third kappa shape index (κ3) is 2.04. The highest BCUT2D eigenvalue weighted by molar-refractivity contribution is 5.59. The Hall–Kier alpha value is -2.32. The summed E-state index contributed by atoms with van der Waals surface area (Å²) in [4.78, 5) is 8.77. The molecule has 2 heterocycles. The van der Waals surface area contributed by atoms with E-state index < -0.39 is 5.41 Å². The first-order valence-electron chi connectivity index (χ1n) is 6.24. The first-order chi connectivity index (χ1) is 9.63. The zero-order chi connectivity index (χ0) is 14.2. The molecule has 5 heteroatoms. The monoisotopic (exact) mass is 269 g/mol. The van der Waals surface area contributed by atoms with Gasteiger partial charge in [0.2, 0.25) is 0 Å². The number of nitriles is 1. The van der Waals surface area contributed by atoms with E-state index in [9.17, 15) is 9.65 Å². The first-order valence-corrected chi connectivity index (χ1v) is 6.24. The average molecular weight is 269 g/mol. The Morgan fingerprint density at radius 1 is 1.30 bits per heavy atom. The molecule has 0 N–H and O–H groups in total.